The lowest BCUT2D eigenvalue weighted by molar-refractivity contribution is 0.402. The summed E-state index contributed by atoms with van der Waals surface area (Å²) in [6, 6.07) is 0.352. The van der Waals surface area contributed by atoms with Crippen molar-refractivity contribution in [3.63, 3.8) is 0 Å². The summed E-state index contributed by atoms with van der Waals surface area (Å²) in [5.41, 5.74) is 7.37. The Morgan fingerprint density at radius 1 is 1.58 bits per heavy atom. The van der Waals surface area contributed by atoms with Gasteiger partial charge < -0.3 is 5.73 Å². The molecule has 1 heteroatoms. The summed E-state index contributed by atoms with van der Waals surface area (Å²) in [7, 11) is 0. The van der Waals surface area contributed by atoms with Crippen LogP contribution in [0.25, 0.3) is 0 Å². The first kappa shape index (κ1) is 9.79. The first-order valence-electron chi connectivity index (χ1n) is 5.07. The maximum atomic E-state index is 6.07. The van der Waals surface area contributed by atoms with Crippen LogP contribution >= 0.6 is 0 Å². The van der Waals surface area contributed by atoms with Gasteiger partial charge in [-0.15, -0.1) is 0 Å². The normalized spacial score (nSPS) is 21.9. The quantitative estimate of drug-likeness (QED) is 0.626. The molecule has 1 aliphatic carbocycles. The van der Waals surface area contributed by atoms with Crippen LogP contribution in [0.4, 0.5) is 0 Å². The van der Waals surface area contributed by atoms with Crippen LogP contribution in [0.2, 0.25) is 0 Å². The number of rotatable bonds is 5. The van der Waals surface area contributed by atoms with E-state index in [0.717, 1.165) is 18.8 Å². The summed E-state index contributed by atoms with van der Waals surface area (Å²) in [5.74, 6) is 1.62. The minimum absolute atomic E-state index is 0.352. The van der Waals surface area contributed by atoms with Gasteiger partial charge in [0.15, 0.2) is 0 Å². The molecule has 70 valence electrons. The molecule has 0 spiro atoms. The number of nitrogens with two attached hydrogens (primary N) is 1. The SMILES string of the molecule is C=C(CC)CC(N)C(C)C1CC1. The Labute approximate surface area is 76.0 Å². The third-order valence-electron chi connectivity index (χ3n) is 3.07. The zero-order chi connectivity index (χ0) is 9.14. The smallest absolute Gasteiger partial charge is 0.0104 e. The number of hydrogen-bond donors (Lipinski definition) is 1. The molecule has 0 bridgehead atoms. The van der Waals surface area contributed by atoms with Crippen molar-refractivity contribution in [3.05, 3.63) is 12.2 Å². The molecule has 1 saturated carbocycles. The van der Waals surface area contributed by atoms with Gasteiger partial charge in [-0.2, -0.15) is 0 Å². The van der Waals surface area contributed by atoms with Crippen LogP contribution in [0.3, 0.4) is 0 Å². The molecule has 1 aliphatic rings. The summed E-state index contributed by atoms with van der Waals surface area (Å²) in [4.78, 5) is 0. The Morgan fingerprint density at radius 2 is 2.17 bits per heavy atom. The van der Waals surface area contributed by atoms with Crippen LogP contribution in [-0.2, 0) is 0 Å². The van der Waals surface area contributed by atoms with Gasteiger partial charge >= 0.3 is 0 Å². The van der Waals surface area contributed by atoms with Crippen molar-refractivity contribution in [2.75, 3.05) is 0 Å². The first-order valence-corrected chi connectivity index (χ1v) is 5.07. The second kappa shape index (κ2) is 4.08. The summed E-state index contributed by atoms with van der Waals surface area (Å²) < 4.78 is 0. The lowest BCUT2D eigenvalue weighted by Crippen LogP contribution is -2.29. The van der Waals surface area contributed by atoms with Gasteiger partial charge in [0.25, 0.3) is 0 Å². The third-order valence-corrected chi connectivity index (χ3v) is 3.07. The maximum Gasteiger partial charge on any atom is 0.0104 e. The summed E-state index contributed by atoms with van der Waals surface area (Å²) in [6.07, 6.45) is 4.89. The lowest BCUT2D eigenvalue weighted by atomic mass is 9.92. The minimum atomic E-state index is 0.352. The average molecular weight is 167 g/mol. The lowest BCUT2D eigenvalue weighted by Gasteiger charge is -2.19. The topological polar surface area (TPSA) is 26.0 Å². The zero-order valence-electron chi connectivity index (χ0n) is 8.34. The largest absolute Gasteiger partial charge is 0.327 e. The molecule has 0 saturated heterocycles. The molecule has 12 heavy (non-hydrogen) atoms. The van der Waals surface area contributed by atoms with Gasteiger partial charge in [-0.1, -0.05) is 26.0 Å². The van der Waals surface area contributed by atoms with Crippen LogP contribution in [0, 0.1) is 11.8 Å². The third kappa shape index (κ3) is 2.63. The molecule has 0 amide bonds. The minimum Gasteiger partial charge on any atom is -0.327 e. The molecular formula is C11H21N. The van der Waals surface area contributed by atoms with E-state index >= 15 is 0 Å². The maximum absolute atomic E-state index is 6.07. The molecule has 0 aromatic rings. The molecule has 0 aliphatic heterocycles. The van der Waals surface area contributed by atoms with Crippen molar-refractivity contribution in [1.82, 2.24) is 0 Å². The van der Waals surface area contributed by atoms with Crippen LogP contribution in [0.1, 0.15) is 39.5 Å². The summed E-state index contributed by atoms with van der Waals surface area (Å²) in [6.45, 7) is 8.43. The highest BCUT2D eigenvalue weighted by Gasteiger charge is 2.31. The van der Waals surface area contributed by atoms with E-state index in [1.165, 1.54) is 18.4 Å². The Kier molecular flexibility index (Phi) is 3.33. The van der Waals surface area contributed by atoms with Crippen molar-refractivity contribution in [2.24, 2.45) is 17.6 Å². The Hall–Kier alpha value is -0.300. The van der Waals surface area contributed by atoms with Gasteiger partial charge in [-0.25, -0.2) is 0 Å². The fourth-order valence-electron chi connectivity index (χ4n) is 1.64. The molecule has 2 N–H and O–H groups in total. The van der Waals surface area contributed by atoms with Crippen LogP contribution < -0.4 is 5.73 Å². The molecule has 1 rings (SSSR count). The summed E-state index contributed by atoms with van der Waals surface area (Å²) >= 11 is 0. The highest BCUT2D eigenvalue weighted by atomic mass is 14.7. The molecule has 1 nitrogen and oxygen atoms in total. The van der Waals surface area contributed by atoms with Gasteiger partial charge in [0.05, 0.1) is 0 Å². The zero-order valence-corrected chi connectivity index (χ0v) is 8.34. The van der Waals surface area contributed by atoms with Crippen molar-refractivity contribution in [2.45, 2.75) is 45.6 Å². The van der Waals surface area contributed by atoms with E-state index in [2.05, 4.69) is 20.4 Å². The fraction of sp³-hybridized carbons (Fsp3) is 0.818. The molecule has 0 aromatic heterocycles. The highest BCUT2D eigenvalue weighted by molar-refractivity contribution is 4.98. The van der Waals surface area contributed by atoms with E-state index in [-0.39, 0.29) is 0 Å². The molecule has 0 radical (unpaired) electrons. The molecule has 1 fully saturated rings. The second-order valence-electron chi connectivity index (χ2n) is 4.17. The molecular weight excluding hydrogens is 146 g/mol. The van der Waals surface area contributed by atoms with Crippen molar-refractivity contribution in [1.29, 1.82) is 0 Å². The van der Waals surface area contributed by atoms with Gasteiger partial charge in [0.2, 0.25) is 0 Å². The number of hydrogen-bond acceptors (Lipinski definition) is 1. The van der Waals surface area contributed by atoms with Crippen LogP contribution in [0.5, 0.6) is 0 Å². The Balaban J connectivity index is 2.25. The van der Waals surface area contributed by atoms with E-state index in [9.17, 15) is 0 Å². The van der Waals surface area contributed by atoms with E-state index < -0.39 is 0 Å². The van der Waals surface area contributed by atoms with E-state index in [1.54, 1.807) is 0 Å². The average Bonchev–Trinajstić information content (AvgIpc) is 2.85. The van der Waals surface area contributed by atoms with E-state index in [1.807, 2.05) is 0 Å². The Morgan fingerprint density at radius 3 is 2.58 bits per heavy atom. The van der Waals surface area contributed by atoms with Crippen molar-refractivity contribution >= 4 is 0 Å². The fourth-order valence-corrected chi connectivity index (χ4v) is 1.64. The standard InChI is InChI=1S/C11H21N/c1-4-8(2)7-11(12)9(3)10-5-6-10/h9-11H,2,4-7,12H2,1,3H3. The van der Waals surface area contributed by atoms with E-state index in [0.29, 0.717) is 12.0 Å². The highest BCUT2D eigenvalue weighted by Crippen LogP contribution is 2.38. The van der Waals surface area contributed by atoms with Gasteiger partial charge in [0, 0.05) is 6.04 Å². The predicted octanol–water partition coefficient (Wildman–Crippen LogP) is 2.72. The molecule has 2 unspecified atom stereocenters. The van der Waals surface area contributed by atoms with Crippen LogP contribution in [0.15, 0.2) is 12.2 Å². The molecule has 0 aromatic carbocycles. The molecule has 2 atom stereocenters. The first-order chi connectivity index (χ1) is 5.65. The van der Waals surface area contributed by atoms with Gasteiger partial charge in [0.1, 0.15) is 0 Å². The molecule has 0 heterocycles. The predicted molar refractivity (Wildman–Crippen MR) is 53.9 cm³/mol. The van der Waals surface area contributed by atoms with Crippen molar-refractivity contribution < 1.29 is 0 Å². The van der Waals surface area contributed by atoms with Crippen LogP contribution in [-0.4, -0.2) is 6.04 Å². The van der Waals surface area contributed by atoms with Crippen molar-refractivity contribution in [3.8, 4) is 0 Å². The monoisotopic (exact) mass is 167 g/mol. The Bertz CT molecular complexity index is 158. The van der Waals surface area contributed by atoms with E-state index in [4.69, 9.17) is 5.73 Å². The second-order valence-corrected chi connectivity index (χ2v) is 4.17. The van der Waals surface area contributed by atoms with Gasteiger partial charge in [-0.05, 0) is 37.5 Å². The summed E-state index contributed by atoms with van der Waals surface area (Å²) in [5, 5.41) is 0. The van der Waals surface area contributed by atoms with Gasteiger partial charge in [-0.3, -0.25) is 0 Å².